The summed E-state index contributed by atoms with van der Waals surface area (Å²) in [5, 5.41) is 10.7. The standard InChI is InChI=1S/C16H24O3/c1-5-12-8-10-13(11-9-12)16(4,18)14(6-2)15(17)19-7-3/h8-11,14,18H,5-7H2,1-4H3. The Bertz CT molecular complexity index is 407. The maximum atomic E-state index is 11.9. The second-order valence-electron chi connectivity index (χ2n) is 4.91. The Morgan fingerprint density at radius 3 is 2.26 bits per heavy atom. The Morgan fingerprint density at radius 1 is 1.26 bits per heavy atom. The quantitative estimate of drug-likeness (QED) is 0.803. The van der Waals surface area contributed by atoms with Crippen LogP contribution < -0.4 is 0 Å². The second kappa shape index (κ2) is 6.71. The molecule has 1 aromatic rings. The van der Waals surface area contributed by atoms with Crippen LogP contribution in [0.25, 0.3) is 0 Å². The van der Waals surface area contributed by atoms with Crippen LogP contribution in [0.3, 0.4) is 0 Å². The molecule has 19 heavy (non-hydrogen) atoms. The normalized spacial score (nSPS) is 15.6. The first-order valence-electron chi connectivity index (χ1n) is 6.95. The highest BCUT2D eigenvalue weighted by atomic mass is 16.5. The fourth-order valence-electron chi connectivity index (χ4n) is 2.32. The molecule has 1 aromatic carbocycles. The largest absolute Gasteiger partial charge is 0.466 e. The number of benzene rings is 1. The summed E-state index contributed by atoms with van der Waals surface area (Å²) in [6.07, 6.45) is 1.50. The van der Waals surface area contributed by atoms with Gasteiger partial charge in [0.25, 0.3) is 0 Å². The van der Waals surface area contributed by atoms with Crippen molar-refractivity contribution in [1.82, 2.24) is 0 Å². The van der Waals surface area contributed by atoms with E-state index >= 15 is 0 Å². The summed E-state index contributed by atoms with van der Waals surface area (Å²) in [5.41, 5.74) is 0.765. The van der Waals surface area contributed by atoms with Gasteiger partial charge < -0.3 is 9.84 Å². The van der Waals surface area contributed by atoms with Crippen molar-refractivity contribution in [2.75, 3.05) is 6.61 Å². The molecule has 0 heterocycles. The Hall–Kier alpha value is -1.35. The van der Waals surface area contributed by atoms with Gasteiger partial charge in [-0.15, -0.1) is 0 Å². The maximum Gasteiger partial charge on any atom is 0.312 e. The molecule has 3 nitrogen and oxygen atoms in total. The lowest BCUT2D eigenvalue weighted by Gasteiger charge is -2.31. The zero-order valence-electron chi connectivity index (χ0n) is 12.3. The topological polar surface area (TPSA) is 46.5 Å². The minimum absolute atomic E-state index is 0.334. The van der Waals surface area contributed by atoms with E-state index in [0.717, 1.165) is 12.0 Å². The maximum absolute atomic E-state index is 11.9. The lowest BCUT2D eigenvalue weighted by atomic mass is 9.81. The third-order valence-electron chi connectivity index (χ3n) is 3.60. The Balaban J connectivity index is 3.01. The van der Waals surface area contributed by atoms with Gasteiger partial charge in [0, 0.05) is 0 Å². The lowest BCUT2D eigenvalue weighted by Crippen LogP contribution is -2.38. The molecule has 0 bridgehead atoms. The van der Waals surface area contributed by atoms with E-state index in [1.54, 1.807) is 13.8 Å². The van der Waals surface area contributed by atoms with Crippen molar-refractivity contribution in [2.45, 2.75) is 46.1 Å². The van der Waals surface area contributed by atoms with Crippen LogP contribution >= 0.6 is 0 Å². The Morgan fingerprint density at radius 2 is 1.84 bits per heavy atom. The van der Waals surface area contributed by atoms with E-state index in [1.165, 1.54) is 5.56 Å². The fourth-order valence-corrected chi connectivity index (χ4v) is 2.32. The van der Waals surface area contributed by atoms with E-state index in [-0.39, 0.29) is 5.97 Å². The van der Waals surface area contributed by atoms with Gasteiger partial charge in [0.1, 0.15) is 5.60 Å². The first-order chi connectivity index (χ1) is 8.97. The van der Waals surface area contributed by atoms with Crippen LogP contribution in [0.1, 0.15) is 45.2 Å². The zero-order chi connectivity index (χ0) is 14.5. The number of esters is 1. The predicted molar refractivity (Wildman–Crippen MR) is 75.8 cm³/mol. The highest BCUT2D eigenvalue weighted by Gasteiger charge is 2.38. The van der Waals surface area contributed by atoms with Crippen molar-refractivity contribution >= 4 is 5.97 Å². The molecule has 1 N–H and O–H groups in total. The zero-order valence-corrected chi connectivity index (χ0v) is 12.3. The third kappa shape index (κ3) is 3.57. The summed E-state index contributed by atoms with van der Waals surface area (Å²) in [5.74, 6) is -0.880. The average Bonchev–Trinajstić information content (AvgIpc) is 2.39. The van der Waals surface area contributed by atoms with Gasteiger partial charge in [0.2, 0.25) is 0 Å². The first kappa shape index (κ1) is 15.7. The van der Waals surface area contributed by atoms with Crippen molar-refractivity contribution in [2.24, 2.45) is 5.92 Å². The molecule has 0 spiro atoms. The number of hydrogen-bond donors (Lipinski definition) is 1. The number of carbonyl (C=O) groups excluding carboxylic acids is 1. The van der Waals surface area contributed by atoms with Crippen molar-refractivity contribution in [3.05, 3.63) is 35.4 Å². The molecular formula is C16H24O3. The van der Waals surface area contributed by atoms with E-state index in [2.05, 4.69) is 6.92 Å². The van der Waals surface area contributed by atoms with Crippen molar-refractivity contribution < 1.29 is 14.6 Å². The van der Waals surface area contributed by atoms with Crippen LogP contribution in [0.4, 0.5) is 0 Å². The molecule has 0 aliphatic rings. The number of ether oxygens (including phenoxy) is 1. The minimum atomic E-state index is -1.20. The summed E-state index contributed by atoms with van der Waals surface area (Å²) in [6.45, 7) is 7.76. The Labute approximate surface area is 115 Å². The molecule has 0 aliphatic heterocycles. The van der Waals surface area contributed by atoms with Crippen LogP contribution in [0.5, 0.6) is 0 Å². The SMILES string of the molecule is CCOC(=O)C(CC)C(C)(O)c1ccc(CC)cc1. The summed E-state index contributed by atoms with van der Waals surface area (Å²) >= 11 is 0. The molecule has 0 aliphatic carbocycles. The van der Waals surface area contributed by atoms with Gasteiger partial charge in [-0.3, -0.25) is 4.79 Å². The molecule has 0 amide bonds. The molecule has 0 saturated heterocycles. The minimum Gasteiger partial charge on any atom is -0.466 e. The first-order valence-corrected chi connectivity index (χ1v) is 6.95. The van der Waals surface area contributed by atoms with Gasteiger partial charge in [0.15, 0.2) is 0 Å². The van der Waals surface area contributed by atoms with Gasteiger partial charge >= 0.3 is 5.97 Å². The van der Waals surface area contributed by atoms with Crippen molar-refractivity contribution in [1.29, 1.82) is 0 Å². The van der Waals surface area contributed by atoms with Crippen molar-refractivity contribution in [3.63, 3.8) is 0 Å². The van der Waals surface area contributed by atoms with E-state index in [1.807, 2.05) is 31.2 Å². The third-order valence-corrected chi connectivity index (χ3v) is 3.60. The van der Waals surface area contributed by atoms with Crippen LogP contribution in [0.15, 0.2) is 24.3 Å². The number of aliphatic hydroxyl groups is 1. The van der Waals surface area contributed by atoms with Gasteiger partial charge in [-0.2, -0.15) is 0 Å². The van der Waals surface area contributed by atoms with Gasteiger partial charge in [-0.1, -0.05) is 38.1 Å². The van der Waals surface area contributed by atoms with E-state index in [4.69, 9.17) is 4.74 Å². The summed E-state index contributed by atoms with van der Waals surface area (Å²) in [7, 11) is 0. The number of rotatable bonds is 6. The molecule has 106 valence electrons. The molecule has 0 aromatic heterocycles. The summed E-state index contributed by atoms with van der Waals surface area (Å²) in [4.78, 5) is 11.9. The molecule has 2 unspecified atom stereocenters. The van der Waals surface area contributed by atoms with Crippen LogP contribution in [0, 0.1) is 5.92 Å². The average molecular weight is 264 g/mol. The fraction of sp³-hybridized carbons (Fsp3) is 0.562. The molecule has 1 rings (SSSR count). The molecule has 2 atom stereocenters. The number of hydrogen-bond acceptors (Lipinski definition) is 3. The van der Waals surface area contributed by atoms with Gasteiger partial charge in [-0.25, -0.2) is 0 Å². The molecule has 0 radical (unpaired) electrons. The van der Waals surface area contributed by atoms with E-state index in [9.17, 15) is 9.90 Å². The highest BCUT2D eigenvalue weighted by molar-refractivity contribution is 5.74. The monoisotopic (exact) mass is 264 g/mol. The molecule has 0 fully saturated rings. The van der Waals surface area contributed by atoms with E-state index in [0.29, 0.717) is 13.0 Å². The molecular weight excluding hydrogens is 240 g/mol. The number of aryl methyl sites for hydroxylation is 1. The summed E-state index contributed by atoms with van der Waals surface area (Å²) < 4.78 is 5.05. The highest BCUT2D eigenvalue weighted by Crippen LogP contribution is 2.32. The smallest absolute Gasteiger partial charge is 0.312 e. The second-order valence-corrected chi connectivity index (χ2v) is 4.91. The molecule has 3 heteroatoms. The van der Waals surface area contributed by atoms with Crippen molar-refractivity contribution in [3.8, 4) is 0 Å². The van der Waals surface area contributed by atoms with Crippen LogP contribution in [-0.2, 0) is 21.6 Å². The van der Waals surface area contributed by atoms with Gasteiger partial charge in [0.05, 0.1) is 12.5 Å². The van der Waals surface area contributed by atoms with Gasteiger partial charge in [-0.05, 0) is 37.8 Å². The predicted octanol–water partition coefficient (Wildman–Crippen LogP) is 3.05. The molecule has 0 saturated carbocycles. The lowest BCUT2D eigenvalue weighted by molar-refractivity contribution is -0.158. The Kier molecular flexibility index (Phi) is 5.55. The van der Waals surface area contributed by atoms with Crippen LogP contribution in [0.2, 0.25) is 0 Å². The van der Waals surface area contributed by atoms with Crippen LogP contribution in [-0.4, -0.2) is 17.7 Å². The summed E-state index contributed by atoms with van der Waals surface area (Å²) in [6, 6.07) is 7.75. The number of carbonyl (C=O) groups is 1. The van der Waals surface area contributed by atoms with E-state index < -0.39 is 11.5 Å².